The molecule has 1 fully saturated rings. The molecule has 1 aliphatic heterocycles. The molecule has 6 nitrogen and oxygen atoms in total. The molecule has 6 heteroatoms. The normalized spacial score (nSPS) is 16.0. The van der Waals surface area contributed by atoms with E-state index in [-0.39, 0.29) is 18.4 Å². The van der Waals surface area contributed by atoms with Crippen LogP contribution < -0.4 is 14.8 Å². The van der Waals surface area contributed by atoms with Crippen molar-refractivity contribution in [1.29, 1.82) is 0 Å². The third-order valence-corrected chi connectivity index (χ3v) is 5.22. The molecule has 3 rings (SSSR count). The van der Waals surface area contributed by atoms with Crippen molar-refractivity contribution >= 4 is 11.8 Å². The highest BCUT2D eigenvalue weighted by atomic mass is 16.5. The number of hydrogen-bond acceptors (Lipinski definition) is 4. The number of amides is 2. The number of likely N-dealkylation sites (tertiary alicyclic amines) is 1. The number of nitrogens with zero attached hydrogens (tertiary/aromatic N) is 1. The second-order valence-corrected chi connectivity index (χ2v) is 6.93. The maximum atomic E-state index is 12.5. The van der Waals surface area contributed by atoms with E-state index in [0.717, 1.165) is 6.42 Å². The summed E-state index contributed by atoms with van der Waals surface area (Å²) in [6.45, 7) is 3.48. The number of ether oxygens (including phenoxy) is 2. The average Bonchev–Trinajstić information content (AvgIpc) is 3.21. The zero-order valence-corrected chi connectivity index (χ0v) is 16.5. The highest BCUT2D eigenvalue weighted by molar-refractivity contribution is 5.97. The van der Waals surface area contributed by atoms with Gasteiger partial charge >= 0.3 is 0 Å². The van der Waals surface area contributed by atoms with Crippen LogP contribution in [0.3, 0.4) is 0 Å². The van der Waals surface area contributed by atoms with E-state index in [0.29, 0.717) is 36.1 Å². The van der Waals surface area contributed by atoms with Gasteiger partial charge in [-0.05, 0) is 42.7 Å². The predicted molar refractivity (Wildman–Crippen MR) is 107 cm³/mol. The minimum atomic E-state index is -0.316. The monoisotopic (exact) mass is 382 g/mol. The molecule has 1 saturated heterocycles. The third kappa shape index (κ3) is 4.27. The Morgan fingerprint density at radius 1 is 1.11 bits per heavy atom. The summed E-state index contributed by atoms with van der Waals surface area (Å²) in [5.74, 6) is 0.997. The molecule has 2 aromatic rings. The summed E-state index contributed by atoms with van der Waals surface area (Å²) in [7, 11) is 3.05. The topological polar surface area (TPSA) is 67.9 Å². The molecule has 1 atom stereocenters. The molecule has 0 saturated carbocycles. The summed E-state index contributed by atoms with van der Waals surface area (Å²) in [5, 5.41) is 2.70. The summed E-state index contributed by atoms with van der Waals surface area (Å²) < 4.78 is 10.4. The van der Waals surface area contributed by atoms with Crippen molar-refractivity contribution in [2.45, 2.75) is 19.3 Å². The molecule has 148 valence electrons. The number of rotatable bonds is 6. The molecule has 2 amide bonds. The first-order chi connectivity index (χ1) is 13.5. The van der Waals surface area contributed by atoms with Crippen LogP contribution in [0.4, 0.5) is 0 Å². The summed E-state index contributed by atoms with van der Waals surface area (Å²) in [5.41, 5.74) is 2.97. The van der Waals surface area contributed by atoms with Gasteiger partial charge < -0.3 is 19.7 Å². The molecule has 1 heterocycles. The Morgan fingerprint density at radius 2 is 1.86 bits per heavy atom. The zero-order valence-electron chi connectivity index (χ0n) is 16.5. The van der Waals surface area contributed by atoms with Crippen LogP contribution in [-0.2, 0) is 4.79 Å². The van der Waals surface area contributed by atoms with E-state index in [1.165, 1.54) is 25.3 Å². The van der Waals surface area contributed by atoms with Crippen molar-refractivity contribution in [3.63, 3.8) is 0 Å². The number of benzene rings is 2. The smallest absolute Gasteiger partial charge is 0.251 e. The molecular formula is C22H26N2O4. The van der Waals surface area contributed by atoms with Gasteiger partial charge in [0.15, 0.2) is 11.5 Å². The molecule has 0 radical (unpaired) electrons. The first-order valence-electron chi connectivity index (χ1n) is 9.37. The van der Waals surface area contributed by atoms with E-state index in [1.54, 1.807) is 18.2 Å². The Balaban J connectivity index is 1.56. The van der Waals surface area contributed by atoms with E-state index < -0.39 is 0 Å². The molecule has 0 spiro atoms. The van der Waals surface area contributed by atoms with Crippen LogP contribution in [-0.4, -0.2) is 50.6 Å². The number of carbonyl (C=O) groups is 2. The Kier molecular flexibility index (Phi) is 6.19. The number of methoxy groups -OCH3 is 2. The van der Waals surface area contributed by atoms with Crippen LogP contribution in [0.1, 0.15) is 33.8 Å². The summed E-state index contributed by atoms with van der Waals surface area (Å²) >= 11 is 0. The summed E-state index contributed by atoms with van der Waals surface area (Å²) in [6.07, 6.45) is 0.945. The van der Waals surface area contributed by atoms with Crippen molar-refractivity contribution in [3.8, 4) is 11.5 Å². The van der Waals surface area contributed by atoms with Gasteiger partial charge in [0.25, 0.3) is 5.91 Å². The quantitative estimate of drug-likeness (QED) is 0.834. The standard InChI is InChI=1S/C22H26N2O4/c1-15-6-4-5-7-18(15)17-10-11-24(14-17)21(25)13-23-22(26)16-8-9-19(27-2)20(12-16)28-3/h4-9,12,17H,10-11,13-14H2,1-3H3,(H,23,26). The van der Waals surface area contributed by atoms with Crippen molar-refractivity contribution in [1.82, 2.24) is 10.2 Å². The van der Waals surface area contributed by atoms with Crippen molar-refractivity contribution in [2.24, 2.45) is 0 Å². The van der Waals surface area contributed by atoms with Crippen LogP contribution >= 0.6 is 0 Å². The third-order valence-electron chi connectivity index (χ3n) is 5.22. The van der Waals surface area contributed by atoms with E-state index in [4.69, 9.17) is 9.47 Å². The second kappa shape index (κ2) is 8.78. The lowest BCUT2D eigenvalue weighted by Crippen LogP contribution is -2.39. The summed E-state index contributed by atoms with van der Waals surface area (Å²) in [6, 6.07) is 13.2. The minimum Gasteiger partial charge on any atom is -0.493 e. The van der Waals surface area contributed by atoms with E-state index in [9.17, 15) is 9.59 Å². The molecule has 1 unspecified atom stereocenters. The van der Waals surface area contributed by atoms with Gasteiger partial charge in [0, 0.05) is 24.6 Å². The minimum absolute atomic E-state index is 0.0202. The molecule has 1 N–H and O–H groups in total. The van der Waals surface area contributed by atoms with Gasteiger partial charge in [-0.15, -0.1) is 0 Å². The lowest BCUT2D eigenvalue weighted by molar-refractivity contribution is -0.129. The second-order valence-electron chi connectivity index (χ2n) is 6.93. The number of nitrogens with one attached hydrogen (secondary N) is 1. The molecule has 2 aromatic carbocycles. The lowest BCUT2D eigenvalue weighted by atomic mass is 9.94. The van der Waals surface area contributed by atoms with E-state index >= 15 is 0 Å². The fourth-order valence-corrected chi connectivity index (χ4v) is 3.63. The van der Waals surface area contributed by atoms with Gasteiger partial charge in [0.1, 0.15) is 0 Å². The fourth-order valence-electron chi connectivity index (χ4n) is 3.63. The van der Waals surface area contributed by atoms with Crippen LogP contribution in [0.15, 0.2) is 42.5 Å². The SMILES string of the molecule is COc1ccc(C(=O)NCC(=O)N2CCC(c3ccccc3C)C2)cc1OC. The lowest BCUT2D eigenvalue weighted by Gasteiger charge is -2.18. The molecule has 0 aromatic heterocycles. The number of hydrogen-bond donors (Lipinski definition) is 1. The van der Waals surface area contributed by atoms with Crippen LogP contribution in [0.5, 0.6) is 11.5 Å². The Bertz CT molecular complexity index is 865. The van der Waals surface area contributed by atoms with Crippen molar-refractivity contribution in [3.05, 3.63) is 59.2 Å². The number of carbonyl (C=O) groups excluding carboxylic acids is 2. The van der Waals surface area contributed by atoms with Gasteiger partial charge in [0.05, 0.1) is 20.8 Å². The summed E-state index contributed by atoms with van der Waals surface area (Å²) in [4.78, 5) is 26.7. The van der Waals surface area contributed by atoms with Crippen LogP contribution in [0.25, 0.3) is 0 Å². The Hall–Kier alpha value is -3.02. The van der Waals surface area contributed by atoms with Gasteiger partial charge in [-0.25, -0.2) is 0 Å². The predicted octanol–water partition coefficient (Wildman–Crippen LogP) is 2.76. The maximum absolute atomic E-state index is 12.5. The maximum Gasteiger partial charge on any atom is 0.251 e. The van der Waals surface area contributed by atoms with Crippen LogP contribution in [0, 0.1) is 6.92 Å². The van der Waals surface area contributed by atoms with Gasteiger partial charge in [0.2, 0.25) is 5.91 Å². The van der Waals surface area contributed by atoms with E-state index in [1.807, 2.05) is 17.0 Å². The Labute approximate surface area is 165 Å². The van der Waals surface area contributed by atoms with Crippen molar-refractivity contribution < 1.29 is 19.1 Å². The van der Waals surface area contributed by atoms with Gasteiger partial charge in [-0.1, -0.05) is 24.3 Å². The largest absolute Gasteiger partial charge is 0.493 e. The fraction of sp³-hybridized carbons (Fsp3) is 0.364. The van der Waals surface area contributed by atoms with E-state index in [2.05, 4.69) is 24.4 Å². The molecular weight excluding hydrogens is 356 g/mol. The first-order valence-corrected chi connectivity index (χ1v) is 9.37. The first kappa shape index (κ1) is 19.7. The highest BCUT2D eigenvalue weighted by Crippen LogP contribution is 2.29. The molecule has 0 aliphatic carbocycles. The highest BCUT2D eigenvalue weighted by Gasteiger charge is 2.28. The van der Waals surface area contributed by atoms with Gasteiger partial charge in [-0.2, -0.15) is 0 Å². The molecule has 0 bridgehead atoms. The molecule has 1 aliphatic rings. The Morgan fingerprint density at radius 3 is 2.57 bits per heavy atom. The van der Waals surface area contributed by atoms with Crippen LogP contribution in [0.2, 0.25) is 0 Å². The molecule has 28 heavy (non-hydrogen) atoms. The number of aryl methyl sites for hydroxylation is 1. The van der Waals surface area contributed by atoms with Gasteiger partial charge in [-0.3, -0.25) is 9.59 Å². The zero-order chi connectivity index (χ0) is 20.1. The van der Waals surface area contributed by atoms with Crippen molar-refractivity contribution in [2.75, 3.05) is 33.9 Å². The average molecular weight is 382 g/mol.